The lowest BCUT2D eigenvalue weighted by molar-refractivity contribution is -0.514. The van der Waals surface area contributed by atoms with Crippen LogP contribution < -0.4 is 0 Å². The molecule has 0 spiro atoms. The fraction of sp³-hybridized carbons (Fsp3) is 1.00. The summed E-state index contributed by atoms with van der Waals surface area (Å²) in [6.07, 6.45) is 5.99. The molecule has 5 nitrogen and oxygen atoms in total. The highest BCUT2D eigenvalue weighted by Crippen LogP contribution is 2.26. The van der Waals surface area contributed by atoms with E-state index < -0.39 is 12.1 Å². The van der Waals surface area contributed by atoms with Gasteiger partial charge in [-0.1, -0.05) is 47.0 Å². The van der Waals surface area contributed by atoms with Crippen molar-refractivity contribution in [3.63, 3.8) is 0 Å². The number of hydrogen-bond donors (Lipinski definition) is 1. The molecule has 0 radical (unpaired) electrons. The molecule has 0 aromatic rings. The van der Waals surface area contributed by atoms with Gasteiger partial charge in [0.2, 0.25) is 0 Å². The molecule has 128 valence electrons. The number of unbranched alkanes of at least 4 members (excludes halogenated alkanes) is 3. The van der Waals surface area contributed by atoms with Crippen LogP contribution in [0.2, 0.25) is 0 Å². The predicted octanol–water partition coefficient (Wildman–Crippen LogP) is 4.36. The fourth-order valence-electron chi connectivity index (χ4n) is 1.90. The molecule has 1 unspecified atom stereocenters. The van der Waals surface area contributed by atoms with Crippen molar-refractivity contribution >= 4 is 0 Å². The first-order valence-electron chi connectivity index (χ1n) is 8.42. The molecule has 0 aromatic carbocycles. The van der Waals surface area contributed by atoms with E-state index in [1.807, 2.05) is 6.92 Å². The molecule has 0 aliphatic carbocycles. The summed E-state index contributed by atoms with van der Waals surface area (Å²) < 4.78 is 17.3. The van der Waals surface area contributed by atoms with E-state index in [2.05, 4.69) is 25.7 Å². The van der Waals surface area contributed by atoms with Crippen LogP contribution in [0.25, 0.3) is 0 Å². The zero-order valence-electron chi connectivity index (χ0n) is 14.2. The van der Waals surface area contributed by atoms with Crippen molar-refractivity contribution in [2.45, 2.75) is 84.7 Å². The summed E-state index contributed by atoms with van der Waals surface area (Å²) in [4.78, 5) is 4.65. The maximum atomic E-state index is 9.40. The largest absolute Gasteiger partial charge is 0.370 e. The third-order valence-electron chi connectivity index (χ3n) is 3.31. The first kappa shape index (κ1) is 20.8. The van der Waals surface area contributed by atoms with E-state index in [0.29, 0.717) is 26.2 Å². The van der Waals surface area contributed by atoms with Crippen molar-refractivity contribution in [3.8, 4) is 0 Å². The molecular formula is C16H34O5. The second kappa shape index (κ2) is 13.5. The number of rotatable bonds is 15. The molecule has 0 aromatic heterocycles. The van der Waals surface area contributed by atoms with Gasteiger partial charge in [-0.3, -0.25) is 0 Å². The zero-order valence-corrected chi connectivity index (χ0v) is 14.2. The summed E-state index contributed by atoms with van der Waals surface area (Å²) >= 11 is 0. The minimum absolute atomic E-state index is 0.442. The van der Waals surface area contributed by atoms with Crippen LogP contribution in [0.1, 0.15) is 72.6 Å². The van der Waals surface area contributed by atoms with Crippen LogP contribution in [0.3, 0.4) is 0 Å². The van der Waals surface area contributed by atoms with Crippen molar-refractivity contribution in [1.82, 2.24) is 0 Å². The van der Waals surface area contributed by atoms with E-state index in [1.165, 1.54) is 0 Å². The smallest absolute Gasteiger partial charge is 0.338 e. The first-order valence-corrected chi connectivity index (χ1v) is 8.42. The standard InChI is InChI=1S/C16H34O5/c1-5-9-12-18-15(8-4)16(21-17,19-13-10-6-2)20-14-11-7-3/h15,17H,5-14H2,1-4H3. The fourth-order valence-corrected chi connectivity index (χ4v) is 1.90. The number of hydrogen-bond acceptors (Lipinski definition) is 5. The van der Waals surface area contributed by atoms with E-state index >= 15 is 0 Å². The van der Waals surface area contributed by atoms with Gasteiger partial charge in [0.15, 0.2) is 0 Å². The van der Waals surface area contributed by atoms with E-state index in [-0.39, 0.29) is 0 Å². The Kier molecular flexibility index (Phi) is 13.3. The molecule has 0 fully saturated rings. The lowest BCUT2D eigenvalue weighted by Crippen LogP contribution is -2.51. The Morgan fingerprint density at radius 3 is 1.67 bits per heavy atom. The zero-order chi connectivity index (χ0) is 16.0. The molecule has 5 heteroatoms. The quantitative estimate of drug-likeness (QED) is 0.211. The Morgan fingerprint density at radius 1 is 0.810 bits per heavy atom. The Bertz CT molecular complexity index is 213. The Hall–Kier alpha value is -0.200. The van der Waals surface area contributed by atoms with Crippen LogP contribution in [0, 0.1) is 0 Å². The van der Waals surface area contributed by atoms with Crippen LogP contribution in [0.15, 0.2) is 0 Å². The normalized spacial score (nSPS) is 13.6. The van der Waals surface area contributed by atoms with Crippen molar-refractivity contribution in [2.24, 2.45) is 0 Å². The third-order valence-corrected chi connectivity index (χ3v) is 3.31. The van der Waals surface area contributed by atoms with Gasteiger partial charge in [0.1, 0.15) is 6.10 Å². The molecule has 0 heterocycles. The summed E-state index contributed by atoms with van der Waals surface area (Å²) in [5.41, 5.74) is 0. The van der Waals surface area contributed by atoms with Crippen LogP contribution in [-0.2, 0) is 19.1 Å². The molecule has 0 aliphatic rings. The van der Waals surface area contributed by atoms with Gasteiger partial charge >= 0.3 is 5.97 Å². The molecule has 21 heavy (non-hydrogen) atoms. The Labute approximate surface area is 129 Å². The van der Waals surface area contributed by atoms with E-state index in [9.17, 15) is 5.26 Å². The van der Waals surface area contributed by atoms with E-state index in [0.717, 1.165) is 38.5 Å². The van der Waals surface area contributed by atoms with Crippen LogP contribution >= 0.6 is 0 Å². The SMILES string of the molecule is CCCCOC(CC)C(OO)(OCCCC)OCCCC. The summed E-state index contributed by atoms with van der Waals surface area (Å²) in [6, 6.07) is 0. The van der Waals surface area contributed by atoms with Crippen molar-refractivity contribution in [3.05, 3.63) is 0 Å². The molecular weight excluding hydrogens is 272 g/mol. The molecule has 1 N–H and O–H groups in total. The van der Waals surface area contributed by atoms with E-state index in [1.54, 1.807) is 0 Å². The number of ether oxygens (including phenoxy) is 3. The van der Waals surface area contributed by atoms with Crippen LogP contribution in [0.5, 0.6) is 0 Å². The van der Waals surface area contributed by atoms with Crippen molar-refractivity contribution in [2.75, 3.05) is 19.8 Å². The van der Waals surface area contributed by atoms with Gasteiger partial charge in [0.05, 0.1) is 13.2 Å². The van der Waals surface area contributed by atoms with Crippen molar-refractivity contribution < 1.29 is 24.4 Å². The maximum absolute atomic E-state index is 9.40. The summed E-state index contributed by atoms with van der Waals surface area (Å²) in [5.74, 6) is -1.51. The molecule has 0 rings (SSSR count). The van der Waals surface area contributed by atoms with Crippen LogP contribution in [0.4, 0.5) is 0 Å². The Morgan fingerprint density at radius 2 is 1.29 bits per heavy atom. The highest BCUT2D eigenvalue weighted by atomic mass is 17.2. The average Bonchev–Trinajstić information content (AvgIpc) is 2.51. The molecule has 0 amide bonds. The van der Waals surface area contributed by atoms with Gasteiger partial charge in [0.25, 0.3) is 0 Å². The van der Waals surface area contributed by atoms with Gasteiger partial charge in [-0.25, -0.2) is 5.26 Å². The first-order chi connectivity index (χ1) is 10.2. The topological polar surface area (TPSA) is 57.2 Å². The van der Waals surface area contributed by atoms with Gasteiger partial charge < -0.3 is 14.2 Å². The van der Waals surface area contributed by atoms with Gasteiger partial charge in [-0.2, -0.15) is 4.89 Å². The summed E-state index contributed by atoms with van der Waals surface area (Å²) in [5, 5.41) is 9.40. The highest BCUT2D eigenvalue weighted by molar-refractivity contribution is 4.70. The molecule has 0 aliphatic heterocycles. The van der Waals surface area contributed by atoms with Crippen molar-refractivity contribution in [1.29, 1.82) is 0 Å². The minimum atomic E-state index is -1.51. The van der Waals surface area contributed by atoms with Gasteiger partial charge in [-0.15, -0.1) is 0 Å². The molecule has 1 atom stereocenters. The lowest BCUT2D eigenvalue weighted by atomic mass is 10.2. The Balaban J connectivity index is 4.73. The highest BCUT2D eigenvalue weighted by Gasteiger charge is 2.44. The minimum Gasteiger partial charge on any atom is -0.370 e. The third kappa shape index (κ3) is 8.12. The average molecular weight is 306 g/mol. The monoisotopic (exact) mass is 306 g/mol. The van der Waals surface area contributed by atoms with E-state index in [4.69, 9.17) is 14.2 Å². The lowest BCUT2D eigenvalue weighted by Gasteiger charge is -2.36. The van der Waals surface area contributed by atoms with Gasteiger partial charge in [-0.05, 0) is 25.7 Å². The predicted molar refractivity (Wildman–Crippen MR) is 83.1 cm³/mol. The second-order valence-corrected chi connectivity index (χ2v) is 5.22. The second-order valence-electron chi connectivity index (χ2n) is 5.22. The van der Waals surface area contributed by atoms with Gasteiger partial charge in [0, 0.05) is 6.61 Å². The maximum Gasteiger partial charge on any atom is 0.338 e. The molecule has 0 bridgehead atoms. The molecule has 0 saturated heterocycles. The van der Waals surface area contributed by atoms with Crippen LogP contribution in [-0.4, -0.2) is 37.2 Å². The summed E-state index contributed by atoms with van der Waals surface area (Å²) in [6.45, 7) is 9.78. The molecule has 0 saturated carbocycles. The summed E-state index contributed by atoms with van der Waals surface area (Å²) in [7, 11) is 0.